The largest absolute Gasteiger partial charge is 0.508 e. The van der Waals surface area contributed by atoms with E-state index in [2.05, 4.69) is 0 Å². The molecule has 0 spiro atoms. The number of aromatic hydroxyl groups is 1. The number of phenols is 1. The quantitative estimate of drug-likeness (QED) is 0.818. The summed E-state index contributed by atoms with van der Waals surface area (Å²) >= 11 is 0. The Labute approximate surface area is 130 Å². The van der Waals surface area contributed by atoms with Gasteiger partial charge in [-0.15, -0.1) is 0 Å². The van der Waals surface area contributed by atoms with Crippen LogP contribution in [0.25, 0.3) is 0 Å². The van der Waals surface area contributed by atoms with Gasteiger partial charge in [0.25, 0.3) is 0 Å². The summed E-state index contributed by atoms with van der Waals surface area (Å²) in [4.78, 5) is 23.6. The van der Waals surface area contributed by atoms with E-state index in [1.54, 1.807) is 12.1 Å². The standard InChI is InChI=1S/C17H22O5/c1-3-12(16(19)22-15-8-9-21-17(15)20)10-11(2)13-4-6-14(18)7-5-13/h4-7,11-12,15,18H,3,8-10H2,1-2H3. The molecule has 3 unspecified atom stereocenters. The number of hydrogen-bond acceptors (Lipinski definition) is 5. The lowest BCUT2D eigenvalue weighted by atomic mass is 9.89. The molecule has 22 heavy (non-hydrogen) atoms. The SMILES string of the molecule is CCC(CC(C)c1ccc(O)cc1)C(=O)OC1CCOC1=O. The Kier molecular flexibility index (Phi) is 5.41. The molecule has 120 valence electrons. The zero-order chi connectivity index (χ0) is 16.1. The Morgan fingerprint density at radius 2 is 2.09 bits per heavy atom. The predicted molar refractivity (Wildman–Crippen MR) is 80.4 cm³/mol. The molecular weight excluding hydrogens is 284 g/mol. The highest BCUT2D eigenvalue weighted by Crippen LogP contribution is 2.27. The molecule has 0 radical (unpaired) electrons. The summed E-state index contributed by atoms with van der Waals surface area (Å²) in [5, 5.41) is 9.32. The third-order valence-corrected chi connectivity index (χ3v) is 4.07. The summed E-state index contributed by atoms with van der Waals surface area (Å²) in [6, 6.07) is 6.98. The minimum atomic E-state index is -0.745. The lowest BCUT2D eigenvalue weighted by Crippen LogP contribution is -2.27. The molecule has 1 heterocycles. The molecule has 1 aliphatic heterocycles. The molecule has 3 atom stereocenters. The van der Waals surface area contributed by atoms with E-state index in [0.29, 0.717) is 25.9 Å². The molecule has 0 saturated carbocycles. The van der Waals surface area contributed by atoms with Gasteiger partial charge in [0.2, 0.25) is 6.10 Å². The molecule has 1 saturated heterocycles. The van der Waals surface area contributed by atoms with Crippen LogP contribution in [0.3, 0.4) is 0 Å². The zero-order valence-corrected chi connectivity index (χ0v) is 13.0. The molecule has 1 aromatic carbocycles. The Balaban J connectivity index is 1.94. The molecule has 2 rings (SSSR count). The van der Waals surface area contributed by atoms with Gasteiger partial charge in [0.05, 0.1) is 12.5 Å². The number of carbonyl (C=O) groups excluding carboxylic acids is 2. The molecule has 0 amide bonds. The summed E-state index contributed by atoms with van der Waals surface area (Å²) in [5.41, 5.74) is 1.06. The molecule has 1 aliphatic rings. The van der Waals surface area contributed by atoms with Crippen LogP contribution in [0.15, 0.2) is 24.3 Å². The fourth-order valence-electron chi connectivity index (χ4n) is 2.62. The van der Waals surface area contributed by atoms with Crippen molar-refractivity contribution in [2.24, 2.45) is 5.92 Å². The minimum Gasteiger partial charge on any atom is -0.508 e. The highest BCUT2D eigenvalue weighted by Gasteiger charge is 2.32. The first-order chi connectivity index (χ1) is 10.5. The highest BCUT2D eigenvalue weighted by molar-refractivity contribution is 5.81. The Morgan fingerprint density at radius 1 is 1.41 bits per heavy atom. The van der Waals surface area contributed by atoms with E-state index in [9.17, 15) is 14.7 Å². The summed E-state index contributed by atoms with van der Waals surface area (Å²) in [5.74, 6) is -0.653. The van der Waals surface area contributed by atoms with Gasteiger partial charge < -0.3 is 14.6 Å². The van der Waals surface area contributed by atoms with Crippen molar-refractivity contribution in [1.29, 1.82) is 0 Å². The van der Waals surface area contributed by atoms with Gasteiger partial charge in [-0.1, -0.05) is 26.0 Å². The van der Waals surface area contributed by atoms with Crippen LogP contribution in [0.2, 0.25) is 0 Å². The van der Waals surface area contributed by atoms with Crippen molar-refractivity contribution in [3.05, 3.63) is 29.8 Å². The average Bonchev–Trinajstić information content (AvgIpc) is 2.90. The van der Waals surface area contributed by atoms with Gasteiger partial charge in [0.1, 0.15) is 5.75 Å². The van der Waals surface area contributed by atoms with E-state index >= 15 is 0 Å². The minimum absolute atomic E-state index is 0.161. The van der Waals surface area contributed by atoms with Crippen LogP contribution in [0.4, 0.5) is 0 Å². The Morgan fingerprint density at radius 3 is 2.64 bits per heavy atom. The predicted octanol–water partition coefficient (Wildman–Crippen LogP) is 2.77. The molecule has 5 nitrogen and oxygen atoms in total. The van der Waals surface area contributed by atoms with Crippen LogP contribution in [0.5, 0.6) is 5.75 Å². The van der Waals surface area contributed by atoms with Crippen molar-refractivity contribution < 1.29 is 24.2 Å². The lowest BCUT2D eigenvalue weighted by Gasteiger charge is -2.20. The number of benzene rings is 1. The molecule has 0 aromatic heterocycles. The third kappa shape index (κ3) is 4.00. The Hall–Kier alpha value is -2.04. The molecule has 1 N–H and O–H groups in total. The van der Waals surface area contributed by atoms with Gasteiger partial charge >= 0.3 is 11.9 Å². The number of cyclic esters (lactones) is 1. The maximum atomic E-state index is 12.2. The van der Waals surface area contributed by atoms with Gasteiger partial charge in [-0.2, -0.15) is 0 Å². The van der Waals surface area contributed by atoms with Crippen LogP contribution < -0.4 is 0 Å². The molecular formula is C17H22O5. The number of rotatable bonds is 6. The van der Waals surface area contributed by atoms with Crippen molar-refractivity contribution in [1.82, 2.24) is 0 Å². The Bertz CT molecular complexity index is 522. The van der Waals surface area contributed by atoms with Crippen LogP contribution in [-0.4, -0.2) is 29.8 Å². The van der Waals surface area contributed by atoms with Gasteiger partial charge in [0.15, 0.2) is 0 Å². The second kappa shape index (κ2) is 7.29. The van der Waals surface area contributed by atoms with Crippen molar-refractivity contribution >= 4 is 11.9 Å². The molecule has 5 heteroatoms. The number of hydrogen-bond donors (Lipinski definition) is 1. The van der Waals surface area contributed by atoms with E-state index in [-0.39, 0.29) is 23.6 Å². The van der Waals surface area contributed by atoms with Crippen LogP contribution in [0.1, 0.15) is 44.6 Å². The molecule has 0 bridgehead atoms. The van der Waals surface area contributed by atoms with E-state index in [1.807, 2.05) is 26.0 Å². The second-order valence-electron chi connectivity index (χ2n) is 5.72. The van der Waals surface area contributed by atoms with Crippen LogP contribution >= 0.6 is 0 Å². The fourth-order valence-corrected chi connectivity index (χ4v) is 2.62. The molecule has 1 fully saturated rings. The van der Waals surface area contributed by atoms with Crippen LogP contribution in [-0.2, 0) is 19.1 Å². The average molecular weight is 306 g/mol. The molecule has 0 aliphatic carbocycles. The normalized spacial score (nSPS) is 20.3. The van der Waals surface area contributed by atoms with Gasteiger partial charge in [0, 0.05) is 6.42 Å². The van der Waals surface area contributed by atoms with Crippen molar-refractivity contribution in [2.75, 3.05) is 6.61 Å². The van der Waals surface area contributed by atoms with E-state index in [0.717, 1.165) is 5.56 Å². The third-order valence-electron chi connectivity index (χ3n) is 4.07. The second-order valence-corrected chi connectivity index (χ2v) is 5.72. The highest BCUT2D eigenvalue weighted by atomic mass is 16.6. The maximum absolute atomic E-state index is 12.2. The lowest BCUT2D eigenvalue weighted by molar-refractivity contribution is -0.163. The van der Waals surface area contributed by atoms with E-state index < -0.39 is 12.1 Å². The summed E-state index contributed by atoms with van der Waals surface area (Å²) in [7, 11) is 0. The summed E-state index contributed by atoms with van der Waals surface area (Å²) in [6.45, 7) is 4.28. The van der Waals surface area contributed by atoms with Gasteiger partial charge in [-0.05, 0) is 36.5 Å². The van der Waals surface area contributed by atoms with Crippen molar-refractivity contribution in [3.63, 3.8) is 0 Å². The van der Waals surface area contributed by atoms with Crippen molar-refractivity contribution in [2.45, 2.75) is 45.1 Å². The van der Waals surface area contributed by atoms with Gasteiger partial charge in [-0.3, -0.25) is 4.79 Å². The molecule has 1 aromatic rings. The number of esters is 2. The first-order valence-corrected chi connectivity index (χ1v) is 7.67. The monoisotopic (exact) mass is 306 g/mol. The number of ether oxygens (including phenoxy) is 2. The van der Waals surface area contributed by atoms with Gasteiger partial charge in [-0.25, -0.2) is 4.79 Å². The van der Waals surface area contributed by atoms with E-state index in [4.69, 9.17) is 9.47 Å². The smallest absolute Gasteiger partial charge is 0.347 e. The summed E-state index contributed by atoms with van der Waals surface area (Å²) in [6.07, 6.45) is 0.991. The van der Waals surface area contributed by atoms with Crippen LogP contribution in [0, 0.1) is 5.92 Å². The first-order valence-electron chi connectivity index (χ1n) is 7.67. The van der Waals surface area contributed by atoms with E-state index in [1.165, 1.54) is 0 Å². The summed E-state index contributed by atoms with van der Waals surface area (Å²) < 4.78 is 10.1. The maximum Gasteiger partial charge on any atom is 0.347 e. The first kappa shape index (κ1) is 16.3. The fraction of sp³-hybridized carbons (Fsp3) is 0.529. The zero-order valence-electron chi connectivity index (χ0n) is 13.0. The van der Waals surface area contributed by atoms with Crippen molar-refractivity contribution in [3.8, 4) is 5.75 Å². The number of carbonyl (C=O) groups is 2. The number of phenolic OH excluding ortho intramolecular Hbond substituents is 1. The topological polar surface area (TPSA) is 72.8 Å².